The Kier molecular flexibility index (Phi) is 7.47. The third-order valence-electron chi connectivity index (χ3n) is 10.1. The van der Waals surface area contributed by atoms with Gasteiger partial charge in [-0.05, 0) is 86.6 Å². The highest BCUT2D eigenvalue weighted by atomic mass is 16.3. The Morgan fingerprint density at radius 3 is 1.66 bits per heavy atom. The highest BCUT2D eigenvalue weighted by Gasteiger charge is 2.15. The van der Waals surface area contributed by atoms with Crippen molar-refractivity contribution in [3.8, 4) is 67.3 Å². The number of furan rings is 1. The SMILES string of the molecule is c1ccc(-c2cc(-c3ccc4c(c3)oc3ccccc34)cc(-c3cc(-c4ccccc4)nc(-c4ccc(-c5cccc6ccccc56)cc4)n3)c2)cc1. The van der Waals surface area contributed by atoms with E-state index in [2.05, 4.69) is 176 Å². The number of aromatic nitrogens is 2. The third-order valence-corrected chi connectivity index (χ3v) is 10.1. The van der Waals surface area contributed by atoms with Crippen LogP contribution in [0.2, 0.25) is 0 Å². The van der Waals surface area contributed by atoms with Gasteiger partial charge in [-0.15, -0.1) is 0 Å². The van der Waals surface area contributed by atoms with Crippen LogP contribution in [0, 0.1) is 0 Å². The number of fused-ring (bicyclic) bond motifs is 4. The van der Waals surface area contributed by atoms with Gasteiger partial charge in [0, 0.05) is 27.5 Å². The van der Waals surface area contributed by atoms with Gasteiger partial charge in [0.1, 0.15) is 11.2 Å². The Morgan fingerprint density at radius 1 is 0.302 bits per heavy atom. The lowest BCUT2D eigenvalue weighted by molar-refractivity contribution is 0.669. The fraction of sp³-hybridized carbons (Fsp3) is 0. The fourth-order valence-corrected chi connectivity index (χ4v) is 7.40. The first-order chi connectivity index (χ1) is 26.2. The van der Waals surface area contributed by atoms with Crippen LogP contribution in [-0.4, -0.2) is 9.97 Å². The van der Waals surface area contributed by atoms with Crippen LogP contribution in [0.25, 0.3) is 100.0 Å². The lowest BCUT2D eigenvalue weighted by Gasteiger charge is -2.13. The highest BCUT2D eigenvalue weighted by molar-refractivity contribution is 6.06. The van der Waals surface area contributed by atoms with Crippen molar-refractivity contribution in [2.24, 2.45) is 0 Å². The zero-order valence-corrected chi connectivity index (χ0v) is 28.8. The molecule has 0 aliphatic heterocycles. The maximum atomic E-state index is 6.31. The monoisotopic (exact) mass is 676 g/mol. The van der Waals surface area contributed by atoms with Gasteiger partial charge in [0.15, 0.2) is 5.82 Å². The van der Waals surface area contributed by atoms with Crippen molar-refractivity contribution >= 4 is 32.7 Å². The number of hydrogen-bond acceptors (Lipinski definition) is 3. The summed E-state index contributed by atoms with van der Waals surface area (Å²) < 4.78 is 6.31. The van der Waals surface area contributed by atoms with Gasteiger partial charge in [-0.25, -0.2) is 9.97 Å². The molecule has 10 rings (SSSR count). The van der Waals surface area contributed by atoms with E-state index in [9.17, 15) is 0 Å². The third kappa shape index (κ3) is 5.75. The molecule has 248 valence electrons. The van der Waals surface area contributed by atoms with E-state index in [1.54, 1.807) is 0 Å². The van der Waals surface area contributed by atoms with Crippen molar-refractivity contribution in [1.82, 2.24) is 9.97 Å². The van der Waals surface area contributed by atoms with Gasteiger partial charge in [-0.2, -0.15) is 0 Å². The summed E-state index contributed by atoms with van der Waals surface area (Å²) in [6.45, 7) is 0. The zero-order valence-electron chi connectivity index (χ0n) is 28.8. The highest BCUT2D eigenvalue weighted by Crippen LogP contribution is 2.38. The molecule has 0 spiro atoms. The summed E-state index contributed by atoms with van der Waals surface area (Å²) in [7, 11) is 0. The molecular formula is C50H32N2O. The summed E-state index contributed by atoms with van der Waals surface area (Å²) in [5.74, 6) is 0.682. The molecule has 2 heterocycles. The van der Waals surface area contributed by atoms with Crippen molar-refractivity contribution in [3.05, 3.63) is 194 Å². The van der Waals surface area contributed by atoms with Gasteiger partial charge in [-0.3, -0.25) is 0 Å². The Hall–Kier alpha value is -7.10. The molecule has 0 bridgehead atoms. The smallest absolute Gasteiger partial charge is 0.160 e. The van der Waals surface area contributed by atoms with Crippen molar-refractivity contribution in [2.45, 2.75) is 0 Å². The number of rotatable bonds is 6. The molecule has 53 heavy (non-hydrogen) atoms. The molecule has 0 amide bonds. The predicted octanol–water partition coefficient (Wildman–Crippen LogP) is 13.5. The molecule has 0 fully saturated rings. The molecular weight excluding hydrogens is 645 g/mol. The van der Waals surface area contributed by atoms with Crippen LogP contribution < -0.4 is 0 Å². The molecule has 3 heteroatoms. The largest absolute Gasteiger partial charge is 0.456 e. The molecule has 10 aromatic rings. The molecule has 0 N–H and O–H groups in total. The topological polar surface area (TPSA) is 38.9 Å². The lowest BCUT2D eigenvalue weighted by atomic mass is 9.94. The second-order valence-electron chi connectivity index (χ2n) is 13.4. The summed E-state index contributed by atoms with van der Waals surface area (Å²) in [6, 6.07) is 68.1. The van der Waals surface area contributed by atoms with Gasteiger partial charge in [0.05, 0.1) is 11.4 Å². The van der Waals surface area contributed by atoms with Crippen LogP contribution in [0.15, 0.2) is 199 Å². The van der Waals surface area contributed by atoms with E-state index in [0.717, 1.165) is 77.8 Å². The second-order valence-corrected chi connectivity index (χ2v) is 13.4. The number of hydrogen-bond donors (Lipinski definition) is 0. The molecule has 0 atom stereocenters. The first kappa shape index (κ1) is 30.7. The Labute approximate surface area is 307 Å². The van der Waals surface area contributed by atoms with Gasteiger partial charge in [-0.1, -0.05) is 152 Å². The molecule has 3 nitrogen and oxygen atoms in total. The average Bonchev–Trinajstić information content (AvgIpc) is 3.62. The van der Waals surface area contributed by atoms with E-state index < -0.39 is 0 Å². The zero-order chi connectivity index (χ0) is 35.1. The summed E-state index contributed by atoms with van der Waals surface area (Å²) >= 11 is 0. The van der Waals surface area contributed by atoms with Crippen molar-refractivity contribution in [1.29, 1.82) is 0 Å². The van der Waals surface area contributed by atoms with Gasteiger partial charge in [0.2, 0.25) is 0 Å². The Balaban J connectivity index is 1.13. The van der Waals surface area contributed by atoms with E-state index >= 15 is 0 Å². The van der Waals surface area contributed by atoms with Gasteiger partial charge >= 0.3 is 0 Å². The van der Waals surface area contributed by atoms with Crippen molar-refractivity contribution < 1.29 is 4.42 Å². The molecule has 0 aliphatic carbocycles. The molecule has 0 saturated heterocycles. The number of benzene rings is 8. The van der Waals surface area contributed by atoms with Crippen molar-refractivity contribution in [3.63, 3.8) is 0 Å². The molecule has 0 aliphatic rings. The minimum Gasteiger partial charge on any atom is -0.456 e. The molecule has 0 radical (unpaired) electrons. The van der Waals surface area contributed by atoms with Gasteiger partial charge in [0.25, 0.3) is 0 Å². The first-order valence-corrected chi connectivity index (χ1v) is 17.9. The van der Waals surface area contributed by atoms with Crippen LogP contribution in [0.1, 0.15) is 0 Å². The van der Waals surface area contributed by atoms with Crippen LogP contribution in [0.3, 0.4) is 0 Å². The summed E-state index contributed by atoms with van der Waals surface area (Å²) in [6.07, 6.45) is 0. The summed E-state index contributed by atoms with van der Waals surface area (Å²) in [5, 5.41) is 4.70. The average molecular weight is 677 g/mol. The Morgan fingerprint density at radius 2 is 0.868 bits per heavy atom. The second kappa shape index (κ2) is 12.9. The standard InChI is InChI=1S/C50H32N2O/c1-3-12-33(13-4-1)39-28-40(38-26-27-45-44-19-9-10-21-48(44)53-49(45)31-38)30-41(29-39)47-32-46(36-15-5-2-6-16-36)51-50(52-47)37-24-22-35(23-25-37)43-20-11-17-34-14-7-8-18-42(34)43/h1-32H. The molecule has 0 unspecified atom stereocenters. The van der Waals surface area contributed by atoms with Gasteiger partial charge < -0.3 is 4.42 Å². The van der Waals surface area contributed by atoms with Crippen LogP contribution in [0.5, 0.6) is 0 Å². The quantitative estimate of drug-likeness (QED) is 0.176. The van der Waals surface area contributed by atoms with E-state index in [0.29, 0.717) is 5.82 Å². The van der Waals surface area contributed by atoms with Crippen molar-refractivity contribution in [2.75, 3.05) is 0 Å². The molecule has 0 saturated carbocycles. The molecule has 2 aromatic heterocycles. The maximum Gasteiger partial charge on any atom is 0.160 e. The summed E-state index contributed by atoms with van der Waals surface area (Å²) in [4.78, 5) is 10.4. The van der Waals surface area contributed by atoms with E-state index in [1.807, 2.05) is 18.2 Å². The van der Waals surface area contributed by atoms with E-state index in [4.69, 9.17) is 14.4 Å². The fourth-order valence-electron chi connectivity index (χ4n) is 7.40. The lowest BCUT2D eigenvalue weighted by Crippen LogP contribution is -1.96. The number of nitrogens with zero attached hydrogens (tertiary/aromatic N) is 2. The maximum absolute atomic E-state index is 6.31. The predicted molar refractivity (Wildman–Crippen MR) is 219 cm³/mol. The van der Waals surface area contributed by atoms with E-state index in [1.165, 1.54) is 16.3 Å². The van der Waals surface area contributed by atoms with E-state index in [-0.39, 0.29) is 0 Å². The minimum atomic E-state index is 0.682. The van der Waals surface area contributed by atoms with Crippen LogP contribution >= 0.6 is 0 Å². The van der Waals surface area contributed by atoms with Crippen LogP contribution in [-0.2, 0) is 0 Å². The summed E-state index contributed by atoms with van der Waals surface area (Å²) in [5.41, 5.74) is 13.3. The first-order valence-electron chi connectivity index (χ1n) is 17.9. The normalized spacial score (nSPS) is 11.4. The molecule has 8 aromatic carbocycles. The van der Waals surface area contributed by atoms with Crippen LogP contribution in [0.4, 0.5) is 0 Å². The Bertz CT molecular complexity index is 2920. The number of para-hydroxylation sites is 1. The minimum absolute atomic E-state index is 0.682.